The Bertz CT molecular complexity index is 662. The molecule has 140 valence electrons. The summed E-state index contributed by atoms with van der Waals surface area (Å²) in [5, 5.41) is 3.20. The zero-order valence-corrected chi connectivity index (χ0v) is 15.4. The highest BCUT2D eigenvalue weighted by molar-refractivity contribution is 5.92. The largest absolute Gasteiger partial charge is 0.484 e. The van der Waals surface area contributed by atoms with Crippen molar-refractivity contribution >= 4 is 11.8 Å². The highest BCUT2D eigenvalue weighted by Gasteiger charge is 2.53. The van der Waals surface area contributed by atoms with Crippen LogP contribution >= 0.6 is 0 Å². The molecule has 0 radical (unpaired) electrons. The van der Waals surface area contributed by atoms with Crippen molar-refractivity contribution in [2.24, 2.45) is 28.9 Å². The molecule has 4 saturated carbocycles. The molecule has 4 aliphatic rings. The molecule has 2 amide bonds. The summed E-state index contributed by atoms with van der Waals surface area (Å²) in [5.41, 5.74) is 5.95. The number of primary amides is 1. The lowest BCUT2D eigenvalue weighted by Gasteiger charge is -2.59. The van der Waals surface area contributed by atoms with Crippen LogP contribution in [-0.4, -0.2) is 24.5 Å². The van der Waals surface area contributed by atoms with E-state index in [1.807, 2.05) is 0 Å². The van der Waals surface area contributed by atoms with E-state index in [0.29, 0.717) is 16.7 Å². The summed E-state index contributed by atoms with van der Waals surface area (Å²) in [4.78, 5) is 23.5. The lowest BCUT2D eigenvalue weighted by atomic mass is 9.48. The maximum absolute atomic E-state index is 12.4. The van der Waals surface area contributed by atoms with Crippen LogP contribution in [0.3, 0.4) is 0 Å². The van der Waals surface area contributed by atoms with Crippen molar-refractivity contribution in [2.75, 3.05) is 6.61 Å². The van der Waals surface area contributed by atoms with E-state index >= 15 is 0 Å². The summed E-state index contributed by atoms with van der Waals surface area (Å²) in [5.74, 6) is 2.64. The number of carbonyl (C=O) groups excluding carboxylic acids is 2. The predicted octanol–water partition coefficient (Wildman–Crippen LogP) is 2.89. The normalized spacial score (nSPS) is 32.9. The van der Waals surface area contributed by atoms with Gasteiger partial charge < -0.3 is 15.8 Å². The quantitative estimate of drug-likeness (QED) is 0.822. The van der Waals surface area contributed by atoms with Crippen molar-refractivity contribution < 1.29 is 14.3 Å². The molecule has 4 bridgehead atoms. The Morgan fingerprint density at radius 1 is 1.12 bits per heavy atom. The monoisotopic (exact) mass is 356 g/mol. The van der Waals surface area contributed by atoms with Crippen LogP contribution in [0.1, 0.15) is 55.8 Å². The highest BCUT2D eigenvalue weighted by atomic mass is 16.5. The lowest BCUT2D eigenvalue weighted by Crippen LogP contribution is -2.56. The molecule has 1 aromatic rings. The molecule has 0 spiro atoms. The molecular formula is C21H28N2O3. The van der Waals surface area contributed by atoms with Crippen molar-refractivity contribution in [2.45, 2.75) is 51.5 Å². The van der Waals surface area contributed by atoms with Gasteiger partial charge in [-0.25, -0.2) is 0 Å². The third kappa shape index (κ3) is 3.31. The topological polar surface area (TPSA) is 81.4 Å². The first kappa shape index (κ1) is 17.4. The maximum atomic E-state index is 12.4. The number of ether oxygens (including phenoxy) is 1. The minimum atomic E-state index is -0.473. The third-order valence-corrected chi connectivity index (χ3v) is 6.89. The van der Waals surface area contributed by atoms with Gasteiger partial charge in [-0.1, -0.05) is 0 Å². The molecule has 5 heteroatoms. The van der Waals surface area contributed by atoms with Gasteiger partial charge in [-0.2, -0.15) is 0 Å². The molecular weight excluding hydrogens is 328 g/mol. The zero-order chi connectivity index (χ0) is 18.3. The lowest BCUT2D eigenvalue weighted by molar-refractivity contribution is -0.127. The van der Waals surface area contributed by atoms with Crippen molar-refractivity contribution in [3.05, 3.63) is 29.8 Å². The van der Waals surface area contributed by atoms with E-state index in [-0.39, 0.29) is 18.6 Å². The van der Waals surface area contributed by atoms with Crippen LogP contribution in [-0.2, 0) is 4.79 Å². The highest BCUT2D eigenvalue weighted by Crippen LogP contribution is 2.61. The summed E-state index contributed by atoms with van der Waals surface area (Å²) < 4.78 is 5.56. The summed E-state index contributed by atoms with van der Waals surface area (Å²) in [6.07, 6.45) is 8.04. The van der Waals surface area contributed by atoms with Crippen molar-refractivity contribution in [3.8, 4) is 5.75 Å². The Labute approximate surface area is 154 Å². The number of nitrogens with two attached hydrogens (primary N) is 1. The Balaban J connectivity index is 1.31. The van der Waals surface area contributed by atoms with Gasteiger partial charge in [0.05, 0.1) is 0 Å². The van der Waals surface area contributed by atoms with Gasteiger partial charge >= 0.3 is 0 Å². The first-order chi connectivity index (χ1) is 12.4. The van der Waals surface area contributed by atoms with Crippen molar-refractivity contribution in [3.63, 3.8) is 0 Å². The van der Waals surface area contributed by atoms with E-state index in [9.17, 15) is 9.59 Å². The molecule has 5 nitrogen and oxygen atoms in total. The fourth-order valence-corrected chi connectivity index (χ4v) is 6.01. The number of hydrogen-bond acceptors (Lipinski definition) is 3. The predicted molar refractivity (Wildman–Crippen MR) is 98.7 cm³/mol. The minimum absolute atomic E-state index is 0.00732. The van der Waals surface area contributed by atoms with Gasteiger partial charge in [0.2, 0.25) is 5.91 Å². The summed E-state index contributed by atoms with van der Waals surface area (Å²) in [6.45, 7) is 2.17. The third-order valence-electron chi connectivity index (χ3n) is 6.89. The van der Waals surface area contributed by atoms with E-state index < -0.39 is 5.91 Å². The number of nitrogens with one attached hydrogen (secondary N) is 1. The molecule has 0 heterocycles. The van der Waals surface area contributed by atoms with Crippen LogP contribution in [0.4, 0.5) is 0 Å². The van der Waals surface area contributed by atoms with Gasteiger partial charge in [-0.05, 0) is 92.9 Å². The first-order valence-electron chi connectivity index (χ1n) is 9.75. The first-order valence-corrected chi connectivity index (χ1v) is 9.75. The van der Waals surface area contributed by atoms with Gasteiger partial charge in [0.1, 0.15) is 5.75 Å². The van der Waals surface area contributed by atoms with Crippen LogP contribution in [0.2, 0.25) is 0 Å². The Morgan fingerprint density at radius 3 is 2.15 bits per heavy atom. The number of amides is 2. The molecule has 3 N–H and O–H groups in total. The van der Waals surface area contributed by atoms with Crippen LogP contribution in [0.15, 0.2) is 24.3 Å². The maximum Gasteiger partial charge on any atom is 0.258 e. The average Bonchev–Trinajstić information content (AvgIpc) is 2.59. The second kappa shape index (κ2) is 6.60. The molecule has 4 fully saturated rings. The van der Waals surface area contributed by atoms with Crippen LogP contribution in [0, 0.1) is 23.2 Å². The Morgan fingerprint density at radius 2 is 1.65 bits per heavy atom. The van der Waals surface area contributed by atoms with Gasteiger partial charge in [0.15, 0.2) is 6.61 Å². The van der Waals surface area contributed by atoms with Crippen LogP contribution in [0.25, 0.3) is 0 Å². The molecule has 5 rings (SSSR count). The number of benzene rings is 1. The molecule has 0 saturated heterocycles. The van der Waals surface area contributed by atoms with Gasteiger partial charge in [0.25, 0.3) is 5.91 Å². The van der Waals surface area contributed by atoms with E-state index in [1.165, 1.54) is 38.5 Å². The number of hydrogen-bond donors (Lipinski definition) is 2. The van der Waals surface area contributed by atoms with E-state index in [2.05, 4.69) is 12.2 Å². The van der Waals surface area contributed by atoms with Gasteiger partial charge in [-0.3, -0.25) is 9.59 Å². The van der Waals surface area contributed by atoms with Crippen LogP contribution < -0.4 is 15.8 Å². The standard InChI is InChI=1S/C21H28N2O3/c1-13(21-9-14-6-15(10-21)8-16(7-14)11-21)23-19(24)12-26-18-4-2-17(3-5-18)20(22)25/h2-5,13-16H,6-12H2,1H3,(H2,22,25)(H,23,24)/t13-,14?,15?,16?,21?/m0/s1. The summed E-state index contributed by atoms with van der Waals surface area (Å²) >= 11 is 0. The number of rotatable bonds is 6. The van der Waals surface area contributed by atoms with E-state index in [4.69, 9.17) is 10.5 Å². The Hall–Kier alpha value is -2.04. The molecule has 1 atom stereocenters. The second-order valence-electron chi connectivity index (χ2n) is 8.75. The van der Waals surface area contributed by atoms with Crippen LogP contribution in [0.5, 0.6) is 5.75 Å². The molecule has 4 aliphatic carbocycles. The molecule has 1 aromatic carbocycles. The average molecular weight is 356 g/mol. The fraction of sp³-hybridized carbons (Fsp3) is 0.619. The molecule has 0 unspecified atom stereocenters. The fourth-order valence-electron chi connectivity index (χ4n) is 6.01. The van der Waals surface area contributed by atoms with E-state index in [1.54, 1.807) is 24.3 Å². The smallest absolute Gasteiger partial charge is 0.258 e. The SMILES string of the molecule is C[C@H](NC(=O)COc1ccc(C(N)=O)cc1)C12CC3CC(CC(C3)C1)C2. The molecule has 0 aliphatic heterocycles. The van der Waals surface area contributed by atoms with Crippen molar-refractivity contribution in [1.29, 1.82) is 0 Å². The molecule has 0 aromatic heterocycles. The van der Waals surface area contributed by atoms with E-state index in [0.717, 1.165) is 17.8 Å². The molecule has 26 heavy (non-hydrogen) atoms. The number of carbonyl (C=O) groups is 2. The zero-order valence-electron chi connectivity index (χ0n) is 15.4. The minimum Gasteiger partial charge on any atom is -0.484 e. The van der Waals surface area contributed by atoms with Gasteiger partial charge in [0, 0.05) is 11.6 Å². The summed E-state index contributed by atoms with van der Waals surface area (Å²) in [7, 11) is 0. The Kier molecular flexibility index (Phi) is 4.41. The summed E-state index contributed by atoms with van der Waals surface area (Å²) in [6, 6.07) is 6.73. The second-order valence-corrected chi connectivity index (χ2v) is 8.75. The van der Waals surface area contributed by atoms with Crippen molar-refractivity contribution in [1.82, 2.24) is 5.32 Å². The van der Waals surface area contributed by atoms with Gasteiger partial charge in [-0.15, -0.1) is 0 Å².